The molecule has 1 spiro atoms. The smallest absolute Gasteiger partial charge is 0.0640 e. The van der Waals surface area contributed by atoms with E-state index in [1.165, 1.54) is 43.6 Å². The zero-order valence-corrected chi connectivity index (χ0v) is 10.1. The van der Waals surface area contributed by atoms with Crippen LogP contribution in [0.25, 0.3) is 0 Å². The Morgan fingerprint density at radius 3 is 2.82 bits per heavy atom. The first-order valence-corrected chi connectivity index (χ1v) is 6.72. The first-order chi connectivity index (χ1) is 8.38. The maximum atomic E-state index is 4.97. The van der Waals surface area contributed by atoms with Crippen molar-refractivity contribution < 1.29 is 0 Å². The van der Waals surface area contributed by atoms with Gasteiger partial charge in [0.25, 0.3) is 0 Å². The fourth-order valence-electron chi connectivity index (χ4n) is 3.64. The predicted octanol–water partition coefficient (Wildman–Crippen LogP) is 2.50. The zero-order chi connectivity index (χ0) is 11.3. The normalized spacial score (nSPS) is 34.7. The Labute approximate surface area is 102 Å². The summed E-state index contributed by atoms with van der Waals surface area (Å²) in [5.74, 6) is 0.779. The summed E-state index contributed by atoms with van der Waals surface area (Å²) in [5, 5.41) is 0. The number of piperidine rings is 1. The van der Waals surface area contributed by atoms with Gasteiger partial charge in [0.05, 0.1) is 12.1 Å². The van der Waals surface area contributed by atoms with Crippen molar-refractivity contribution in [2.45, 2.75) is 31.3 Å². The summed E-state index contributed by atoms with van der Waals surface area (Å²) in [6.45, 7) is 3.48. The molecule has 17 heavy (non-hydrogen) atoms. The van der Waals surface area contributed by atoms with Crippen LogP contribution in [0.2, 0.25) is 0 Å². The summed E-state index contributed by atoms with van der Waals surface area (Å²) in [7, 11) is 0. The second kappa shape index (κ2) is 3.42. The average Bonchev–Trinajstić information content (AvgIpc) is 2.90. The van der Waals surface area contributed by atoms with Crippen LogP contribution in [0.3, 0.4) is 0 Å². The van der Waals surface area contributed by atoms with Crippen LogP contribution in [-0.2, 0) is 6.54 Å². The van der Waals surface area contributed by atoms with Gasteiger partial charge in [-0.2, -0.15) is 0 Å². The maximum Gasteiger partial charge on any atom is 0.0640 e. The van der Waals surface area contributed by atoms with E-state index in [9.17, 15) is 0 Å². The Morgan fingerprint density at radius 2 is 2.06 bits per heavy atom. The average molecular weight is 226 g/mol. The van der Waals surface area contributed by atoms with Crippen LogP contribution >= 0.6 is 0 Å². The van der Waals surface area contributed by atoms with Gasteiger partial charge in [-0.15, -0.1) is 0 Å². The number of nitrogens with zero attached hydrogens (tertiary/aromatic N) is 2. The molecular formula is C15H18N2. The fraction of sp³-hybridized carbons (Fsp3) is 0.533. The Morgan fingerprint density at radius 1 is 1.24 bits per heavy atom. The second-order valence-corrected chi connectivity index (χ2v) is 5.65. The van der Waals surface area contributed by atoms with Crippen LogP contribution in [0.5, 0.6) is 0 Å². The summed E-state index contributed by atoms with van der Waals surface area (Å²) < 4.78 is 0. The summed E-state index contributed by atoms with van der Waals surface area (Å²) in [5.41, 5.74) is 3.32. The molecule has 2 atom stereocenters. The lowest BCUT2D eigenvalue weighted by Gasteiger charge is -2.25. The number of fused-ring (bicyclic) bond motifs is 3. The van der Waals surface area contributed by atoms with Gasteiger partial charge in [0, 0.05) is 18.2 Å². The van der Waals surface area contributed by atoms with Gasteiger partial charge in [0.1, 0.15) is 0 Å². The molecule has 2 heteroatoms. The summed E-state index contributed by atoms with van der Waals surface area (Å²) >= 11 is 0. The molecule has 3 aliphatic rings. The van der Waals surface area contributed by atoms with Crippen molar-refractivity contribution in [1.82, 2.24) is 4.90 Å². The highest BCUT2D eigenvalue weighted by Gasteiger charge is 2.61. The topological polar surface area (TPSA) is 15.6 Å². The third kappa shape index (κ3) is 1.40. The molecule has 2 nitrogen and oxygen atoms in total. The third-order valence-electron chi connectivity index (χ3n) is 4.66. The van der Waals surface area contributed by atoms with Crippen molar-refractivity contribution in [3.8, 4) is 0 Å². The van der Waals surface area contributed by atoms with E-state index in [2.05, 4.69) is 35.2 Å². The number of rotatable bonds is 2. The minimum Gasteiger partial charge on any atom is -0.292 e. The van der Waals surface area contributed by atoms with Crippen molar-refractivity contribution >= 4 is 5.71 Å². The fourth-order valence-corrected chi connectivity index (χ4v) is 3.64. The molecule has 2 aliphatic heterocycles. The van der Waals surface area contributed by atoms with Gasteiger partial charge < -0.3 is 0 Å². The highest BCUT2D eigenvalue weighted by molar-refractivity contribution is 6.01. The van der Waals surface area contributed by atoms with Crippen LogP contribution in [0.4, 0.5) is 0 Å². The largest absolute Gasteiger partial charge is 0.292 e. The minimum atomic E-state index is 0.442. The van der Waals surface area contributed by atoms with Gasteiger partial charge in [0.15, 0.2) is 0 Å². The molecule has 0 amide bonds. The quantitative estimate of drug-likeness (QED) is 0.756. The molecule has 1 aromatic rings. The number of aliphatic imine (C=N–C) groups is 1. The molecule has 88 valence electrons. The predicted molar refractivity (Wildman–Crippen MR) is 69.2 cm³/mol. The molecule has 2 heterocycles. The van der Waals surface area contributed by atoms with Crippen LogP contribution in [0, 0.1) is 5.92 Å². The van der Waals surface area contributed by atoms with Gasteiger partial charge in [-0.05, 0) is 31.4 Å². The zero-order valence-electron chi connectivity index (χ0n) is 10.1. The Kier molecular flexibility index (Phi) is 1.98. The second-order valence-electron chi connectivity index (χ2n) is 5.65. The van der Waals surface area contributed by atoms with E-state index in [1.54, 1.807) is 0 Å². The van der Waals surface area contributed by atoms with Crippen molar-refractivity contribution in [2.24, 2.45) is 10.9 Å². The molecule has 2 bridgehead atoms. The van der Waals surface area contributed by atoms with Crippen LogP contribution in [0.1, 0.15) is 24.8 Å². The van der Waals surface area contributed by atoms with Gasteiger partial charge in [-0.1, -0.05) is 30.3 Å². The Hall–Kier alpha value is -1.15. The Bertz CT molecular complexity index is 459. The number of benzene rings is 1. The van der Waals surface area contributed by atoms with E-state index in [1.807, 2.05) is 0 Å². The van der Waals surface area contributed by atoms with E-state index < -0.39 is 0 Å². The van der Waals surface area contributed by atoms with Crippen molar-refractivity contribution in [3.63, 3.8) is 0 Å². The van der Waals surface area contributed by atoms with E-state index in [4.69, 9.17) is 4.99 Å². The Balaban J connectivity index is 1.59. The molecule has 0 aromatic heterocycles. The highest BCUT2D eigenvalue weighted by atomic mass is 15.3. The number of hydrogen-bond acceptors (Lipinski definition) is 2. The molecule has 1 aromatic carbocycles. The number of hydrogen-bond donors (Lipinski definition) is 0. The van der Waals surface area contributed by atoms with Crippen LogP contribution in [0.15, 0.2) is 35.3 Å². The molecule has 1 aliphatic carbocycles. The van der Waals surface area contributed by atoms with Gasteiger partial charge >= 0.3 is 0 Å². The van der Waals surface area contributed by atoms with E-state index in [-0.39, 0.29) is 0 Å². The molecule has 2 saturated heterocycles. The monoisotopic (exact) mass is 226 g/mol. The molecular weight excluding hydrogens is 208 g/mol. The third-order valence-corrected chi connectivity index (χ3v) is 4.66. The molecule has 2 unspecified atom stereocenters. The van der Waals surface area contributed by atoms with E-state index >= 15 is 0 Å². The standard InChI is InChI=1S/C15H18N2/c1-2-4-12(5-3-1)10-16-14-13-6-9-17(11-13)15(14)7-8-15/h1-5,13H,6-11H2. The van der Waals surface area contributed by atoms with E-state index in [0.29, 0.717) is 5.54 Å². The molecule has 0 N–H and O–H groups in total. The van der Waals surface area contributed by atoms with Gasteiger partial charge in [-0.3, -0.25) is 9.89 Å². The SMILES string of the molecule is c1ccc(CN=C2C3CCN(C3)C23CC3)cc1. The minimum absolute atomic E-state index is 0.442. The lowest BCUT2D eigenvalue weighted by atomic mass is 9.95. The van der Waals surface area contributed by atoms with E-state index in [0.717, 1.165) is 12.5 Å². The van der Waals surface area contributed by atoms with Crippen LogP contribution < -0.4 is 0 Å². The lowest BCUT2D eigenvalue weighted by Crippen LogP contribution is -2.38. The summed E-state index contributed by atoms with van der Waals surface area (Å²) in [6.07, 6.45) is 4.06. The highest BCUT2D eigenvalue weighted by Crippen LogP contribution is 2.53. The first-order valence-electron chi connectivity index (χ1n) is 6.72. The lowest BCUT2D eigenvalue weighted by molar-refractivity contribution is 0.299. The maximum absolute atomic E-state index is 4.97. The van der Waals surface area contributed by atoms with Gasteiger partial charge in [0.2, 0.25) is 0 Å². The van der Waals surface area contributed by atoms with Crippen molar-refractivity contribution in [2.75, 3.05) is 13.1 Å². The van der Waals surface area contributed by atoms with Crippen LogP contribution in [-0.4, -0.2) is 29.2 Å². The molecule has 3 fully saturated rings. The first kappa shape index (κ1) is 9.84. The molecule has 1 saturated carbocycles. The van der Waals surface area contributed by atoms with Gasteiger partial charge in [-0.25, -0.2) is 0 Å². The van der Waals surface area contributed by atoms with Crippen molar-refractivity contribution in [1.29, 1.82) is 0 Å². The molecule has 0 radical (unpaired) electrons. The molecule has 4 rings (SSSR count). The summed E-state index contributed by atoms with van der Waals surface area (Å²) in [4.78, 5) is 7.65. The van der Waals surface area contributed by atoms with Crippen molar-refractivity contribution in [3.05, 3.63) is 35.9 Å². The summed E-state index contributed by atoms with van der Waals surface area (Å²) in [6, 6.07) is 10.6.